The Bertz CT molecular complexity index is 1630. The molecule has 41 heavy (non-hydrogen) atoms. The predicted molar refractivity (Wildman–Crippen MR) is 162 cm³/mol. The summed E-state index contributed by atoms with van der Waals surface area (Å²) in [5.41, 5.74) is 1.92. The van der Waals surface area contributed by atoms with E-state index in [0.29, 0.717) is 29.1 Å². The maximum Gasteiger partial charge on any atom is 0.277 e. The molecule has 4 aromatic rings. The second-order valence-corrected chi connectivity index (χ2v) is 12.1. The van der Waals surface area contributed by atoms with E-state index in [1.54, 1.807) is 17.5 Å². The van der Waals surface area contributed by atoms with Crippen LogP contribution in [0, 0.1) is 6.92 Å². The van der Waals surface area contributed by atoms with Crippen LogP contribution in [-0.2, 0) is 10.0 Å². The lowest BCUT2D eigenvalue weighted by molar-refractivity contribution is 0.341. The quantitative estimate of drug-likeness (QED) is 0.169. The zero-order valence-corrected chi connectivity index (χ0v) is 25.4. The Balaban J connectivity index is 1.77. The summed E-state index contributed by atoms with van der Waals surface area (Å²) < 4.78 is 37.1. The monoisotopic (exact) mass is 579 g/mol. The van der Waals surface area contributed by atoms with Crippen LogP contribution in [0.4, 0.5) is 0 Å². The Morgan fingerprint density at radius 1 is 1.05 bits per heavy atom. The van der Waals surface area contributed by atoms with Gasteiger partial charge in [-0.15, -0.1) is 5.10 Å². The SMILES string of the molecule is CCCCCCC(CC)c1nc(C)c2c(=O)[nH]c(-c3cc(S(=O)(=O)NC(C)c4ccccc4)ccc3OCC)nn12. The van der Waals surface area contributed by atoms with Gasteiger partial charge in [0, 0.05) is 12.0 Å². The van der Waals surface area contributed by atoms with E-state index in [0.717, 1.165) is 37.1 Å². The second-order valence-electron chi connectivity index (χ2n) is 10.4. The Morgan fingerprint density at radius 3 is 2.49 bits per heavy atom. The molecule has 2 heterocycles. The molecule has 0 aliphatic heterocycles. The fourth-order valence-corrected chi connectivity index (χ4v) is 6.42. The van der Waals surface area contributed by atoms with Gasteiger partial charge in [-0.05, 0) is 57.4 Å². The van der Waals surface area contributed by atoms with Crippen LogP contribution in [0.2, 0.25) is 0 Å². The molecule has 2 aromatic carbocycles. The molecule has 4 rings (SSSR count). The maximum atomic E-state index is 13.4. The first-order valence-corrected chi connectivity index (χ1v) is 16.0. The molecular weight excluding hydrogens is 538 g/mol. The summed E-state index contributed by atoms with van der Waals surface area (Å²) in [4.78, 5) is 21.0. The second kappa shape index (κ2) is 13.4. The van der Waals surface area contributed by atoms with Gasteiger partial charge in [-0.1, -0.05) is 69.9 Å². The third-order valence-corrected chi connectivity index (χ3v) is 8.95. The topological polar surface area (TPSA) is 118 Å². The zero-order valence-electron chi connectivity index (χ0n) is 24.6. The number of rotatable bonds is 14. The first-order valence-electron chi connectivity index (χ1n) is 14.5. The molecule has 2 unspecified atom stereocenters. The number of sulfonamides is 1. The fraction of sp³-hybridized carbons (Fsp3) is 0.452. The summed E-state index contributed by atoms with van der Waals surface area (Å²) in [5.74, 6) is 1.55. The third kappa shape index (κ3) is 6.87. The number of benzene rings is 2. The standard InChI is InChI=1S/C31H41N5O4S/c1-6-9-10-12-15-23(7-2)30-32-22(5)28-31(37)33-29(34-36(28)30)26-20-25(18-19-27(26)40-8-3)41(38,39)35-21(4)24-16-13-11-14-17-24/h11,13-14,16-21,23,35H,6-10,12,15H2,1-5H3,(H,33,34,37). The van der Waals surface area contributed by atoms with Gasteiger partial charge in [-0.3, -0.25) is 4.79 Å². The van der Waals surface area contributed by atoms with Gasteiger partial charge in [0.05, 0.1) is 22.8 Å². The smallest absolute Gasteiger partial charge is 0.277 e. The van der Waals surface area contributed by atoms with Crippen molar-refractivity contribution in [2.75, 3.05) is 6.61 Å². The van der Waals surface area contributed by atoms with Gasteiger partial charge in [0.25, 0.3) is 5.56 Å². The van der Waals surface area contributed by atoms with Gasteiger partial charge in [0.1, 0.15) is 11.6 Å². The zero-order chi connectivity index (χ0) is 29.6. The van der Waals surface area contributed by atoms with Crippen LogP contribution < -0.4 is 15.0 Å². The number of hydrogen-bond acceptors (Lipinski definition) is 6. The molecule has 0 fully saturated rings. The van der Waals surface area contributed by atoms with E-state index in [-0.39, 0.29) is 22.2 Å². The lowest BCUT2D eigenvalue weighted by atomic mass is 9.97. The Hall–Kier alpha value is -3.50. The van der Waals surface area contributed by atoms with Crippen LogP contribution in [-0.4, -0.2) is 34.6 Å². The number of unbranched alkanes of at least 4 members (excludes halogenated alkanes) is 3. The lowest BCUT2D eigenvalue weighted by Crippen LogP contribution is -2.27. The Kier molecular flexibility index (Phi) is 9.99. The number of H-pyrrole nitrogens is 1. The molecule has 0 aliphatic carbocycles. The number of aromatic amines is 1. The number of imidazole rings is 1. The first kappa shape index (κ1) is 30.5. The molecule has 0 radical (unpaired) electrons. The van der Waals surface area contributed by atoms with Crippen LogP contribution in [0.1, 0.15) is 95.3 Å². The molecular formula is C31H41N5O4S. The largest absolute Gasteiger partial charge is 0.493 e. The Morgan fingerprint density at radius 2 is 1.80 bits per heavy atom. The summed E-state index contributed by atoms with van der Waals surface area (Å²) in [5, 5.41) is 4.82. The van der Waals surface area contributed by atoms with Crippen molar-refractivity contribution in [2.24, 2.45) is 0 Å². The molecule has 0 spiro atoms. The molecule has 0 saturated heterocycles. The number of nitrogens with zero attached hydrogens (tertiary/aromatic N) is 3. The molecule has 2 N–H and O–H groups in total. The summed E-state index contributed by atoms with van der Waals surface area (Å²) in [7, 11) is -3.90. The summed E-state index contributed by atoms with van der Waals surface area (Å²) in [6, 6.07) is 13.5. The van der Waals surface area contributed by atoms with Crippen molar-refractivity contribution in [1.82, 2.24) is 24.3 Å². The molecule has 220 valence electrons. The lowest BCUT2D eigenvalue weighted by Gasteiger charge is -2.17. The van der Waals surface area contributed by atoms with Crippen LogP contribution in [0.25, 0.3) is 16.9 Å². The van der Waals surface area contributed by atoms with Crippen molar-refractivity contribution in [3.8, 4) is 17.1 Å². The van der Waals surface area contributed by atoms with Crippen LogP contribution in [0.5, 0.6) is 5.75 Å². The Labute approximate surface area is 242 Å². The average Bonchev–Trinajstić information content (AvgIpc) is 3.30. The molecule has 0 amide bonds. The number of fused-ring (bicyclic) bond motifs is 1. The third-order valence-electron chi connectivity index (χ3n) is 7.41. The van der Waals surface area contributed by atoms with Crippen molar-refractivity contribution in [2.45, 2.75) is 90.0 Å². The molecule has 0 bridgehead atoms. The minimum atomic E-state index is -3.90. The highest BCUT2D eigenvalue weighted by Gasteiger charge is 2.24. The first-order chi connectivity index (χ1) is 19.7. The predicted octanol–water partition coefficient (Wildman–Crippen LogP) is 6.30. The summed E-state index contributed by atoms with van der Waals surface area (Å²) in [6.45, 7) is 10.1. The van der Waals surface area contributed by atoms with Gasteiger partial charge in [-0.25, -0.2) is 22.6 Å². The van der Waals surface area contributed by atoms with Gasteiger partial charge in [-0.2, -0.15) is 0 Å². The average molecular weight is 580 g/mol. The van der Waals surface area contributed by atoms with Gasteiger partial charge in [0.2, 0.25) is 10.0 Å². The highest BCUT2D eigenvalue weighted by Crippen LogP contribution is 2.32. The number of hydrogen-bond donors (Lipinski definition) is 2. The van der Waals surface area contributed by atoms with Gasteiger partial charge in [0.15, 0.2) is 11.3 Å². The number of ether oxygens (including phenoxy) is 1. The van der Waals surface area contributed by atoms with E-state index in [2.05, 4.69) is 23.6 Å². The van der Waals surface area contributed by atoms with E-state index >= 15 is 0 Å². The maximum absolute atomic E-state index is 13.4. The van der Waals surface area contributed by atoms with Crippen molar-refractivity contribution in [1.29, 1.82) is 0 Å². The van der Waals surface area contributed by atoms with Crippen molar-refractivity contribution in [3.05, 3.63) is 76.0 Å². The normalized spacial score (nSPS) is 13.4. The van der Waals surface area contributed by atoms with Crippen molar-refractivity contribution in [3.63, 3.8) is 0 Å². The highest BCUT2D eigenvalue weighted by atomic mass is 32.2. The van der Waals surface area contributed by atoms with E-state index in [1.807, 2.05) is 44.2 Å². The van der Waals surface area contributed by atoms with E-state index < -0.39 is 16.1 Å². The molecule has 2 aromatic heterocycles. The van der Waals surface area contributed by atoms with Crippen LogP contribution in [0.15, 0.2) is 58.2 Å². The van der Waals surface area contributed by atoms with E-state index in [4.69, 9.17) is 14.8 Å². The number of aryl methyl sites for hydroxylation is 1. The highest BCUT2D eigenvalue weighted by molar-refractivity contribution is 7.89. The summed E-state index contributed by atoms with van der Waals surface area (Å²) >= 11 is 0. The molecule has 0 saturated carbocycles. The fourth-order valence-electron chi connectivity index (χ4n) is 5.17. The van der Waals surface area contributed by atoms with Crippen molar-refractivity contribution >= 4 is 15.5 Å². The minimum Gasteiger partial charge on any atom is -0.493 e. The van der Waals surface area contributed by atoms with Crippen LogP contribution in [0.3, 0.4) is 0 Å². The molecule has 10 heteroatoms. The number of nitrogens with one attached hydrogen (secondary N) is 2. The molecule has 9 nitrogen and oxygen atoms in total. The van der Waals surface area contributed by atoms with Gasteiger partial charge >= 0.3 is 0 Å². The van der Waals surface area contributed by atoms with E-state index in [9.17, 15) is 13.2 Å². The number of aromatic nitrogens is 4. The van der Waals surface area contributed by atoms with Crippen LogP contribution >= 0.6 is 0 Å². The summed E-state index contributed by atoms with van der Waals surface area (Å²) in [6.07, 6.45) is 6.43. The molecule has 0 aliphatic rings. The minimum absolute atomic E-state index is 0.0471. The van der Waals surface area contributed by atoms with Gasteiger partial charge < -0.3 is 9.72 Å². The van der Waals surface area contributed by atoms with E-state index in [1.165, 1.54) is 25.0 Å². The van der Waals surface area contributed by atoms with Crippen molar-refractivity contribution < 1.29 is 13.2 Å². The molecule has 2 atom stereocenters.